The molecule has 1 heterocycles. The number of anilines is 1. The molecule has 2 aromatic rings. The normalized spacial score (nSPS) is 14.5. The molecule has 4 heteroatoms. The summed E-state index contributed by atoms with van der Waals surface area (Å²) < 4.78 is 2.24. The summed E-state index contributed by atoms with van der Waals surface area (Å²) in [4.78, 5) is 4.87. The average Bonchev–Trinajstić information content (AvgIpc) is 3.30. The van der Waals surface area contributed by atoms with Gasteiger partial charge in [0.2, 0.25) is 0 Å². The first kappa shape index (κ1) is 14.5. The zero-order valence-corrected chi connectivity index (χ0v) is 13.4. The van der Waals surface area contributed by atoms with Crippen molar-refractivity contribution in [1.82, 2.24) is 9.55 Å². The predicted molar refractivity (Wildman–Crippen MR) is 90.9 cm³/mol. The van der Waals surface area contributed by atoms with Crippen LogP contribution in [0.2, 0.25) is 0 Å². The van der Waals surface area contributed by atoms with Gasteiger partial charge in [-0.25, -0.2) is 4.98 Å². The van der Waals surface area contributed by atoms with Crippen LogP contribution in [-0.2, 0) is 13.0 Å². The van der Waals surface area contributed by atoms with E-state index in [0.29, 0.717) is 5.92 Å². The zero-order valence-electron chi connectivity index (χ0n) is 12.6. The molecule has 1 aromatic carbocycles. The van der Waals surface area contributed by atoms with Gasteiger partial charge in [0.1, 0.15) is 11.6 Å². The lowest BCUT2D eigenvalue weighted by Crippen LogP contribution is -2.08. The van der Waals surface area contributed by atoms with E-state index in [1.165, 1.54) is 30.0 Å². The molecule has 0 spiro atoms. The summed E-state index contributed by atoms with van der Waals surface area (Å²) in [7, 11) is 0. The highest BCUT2D eigenvalue weighted by atomic mass is 32.2. The number of nitrogens with two attached hydrogens (primary N) is 1. The Morgan fingerprint density at radius 1 is 1.29 bits per heavy atom. The van der Waals surface area contributed by atoms with E-state index in [1.54, 1.807) is 0 Å². The van der Waals surface area contributed by atoms with Crippen LogP contribution >= 0.6 is 11.8 Å². The van der Waals surface area contributed by atoms with Crippen LogP contribution in [0.15, 0.2) is 30.3 Å². The fourth-order valence-corrected chi connectivity index (χ4v) is 3.12. The molecular weight excluding hydrogens is 278 g/mol. The molecule has 0 unspecified atom stereocenters. The molecule has 2 N–H and O–H groups in total. The Labute approximate surface area is 131 Å². The molecule has 21 heavy (non-hydrogen) atoms. The molecule has 3 rings (SSSR count). The summed E-state index contributed by atoms with van der Waals surface area (Å²) in [5.74, 6) is 3.88. The molecule has 1 aliphatic carbocycles. The van der Waals surface area contributed by atoms with Crippen molar-refractivity contribution in [3.63, 3.8) is 0 Å². The summed E-state index contributed by atoms with van der Waals surface area (Å²) in [6.45, 7) is 0.841. The highest BCUT2D eigenvalue weighted by Gasteiger charge is 2.30. The SMILES string of the molecule is CSCCCc1nc(C2CC2)n(Cc2ccccc2)c1N. The first-order valence-electron chi connectivity index (χ1n) is 7.67. The second-order valence-corrected chi connectivity index (χ2v) is 6.73. The summed E-state index contributed by atoms with van der Waals surface area (Å²) in [5, 5.41) is 0. The molecule has 3 nitrogen and oxygen atoms in total. The van der Waals surface area contributed by atoms with Gasteiger partial charge in [-0.15, -0.1) is 0 Å². The second kappa shape index (κ2) is 6.56. The van der Waals surface area contributed by atoms with E-state index in [1.807, 2.05) is 11.8 Å². The smallest absolute Gasteiger partial charge is 0.127 e. The van der Waals surface area contributed by atoms with Crippen LogP contribution < -0.4 is 5.73 Å². The summed E-state index contributed by atoms with van der Waals surface area (Å²) >= 11 is 1.88. The maximum absolute atomic E-state index is 6.39. The fraction of sp³-hybridized carbons (Fsp3) is 0.471. The first-order valence-corrected chi connectivity index (χ1v) is 9.06. The Balaban J connectivity index is 1.83. The quantitative estimate of drug-likeness (QED) is 0.793. The maximum Gasteiger partial charge on any atom is 0.127 e. The van der Waals surface area contributed by atoms with E-state index >= 15 is 0 Å². The molecule has 0 aliphatic heterocycles. The van der Waals surface area contributed by atoms with Crippen molar-refractivity contribution in [3.8, 4) is 0 Å². The molecule has 0 atom stereocenters. The molecular formula is C17H23N3S. The van der Waals surface area contributed by atoms with Crippen molar-refractivity contribution < 1.29 is 0 Å². The van der Waals surface area contributed by atoms with Crippen LogP contribution in [0.25, 0.3) is 0 Å². The van der Waals surface area contributed by atoms with Crippen molar-refractivity contribution >= 4 is 17.6 Å². The van der Waals surface area contributed by atoms with E-state index < -0.39 is 0 Å². The number of thioether (sulfide) groups is 1. The van der Waals surface area contributed by atoms with Crippen molar-refractivity contribution in [2.75, 3.05) is 17.7 Å². The van der Waals surface area contributed by atoms with Gasteiger partial charge in [0.15, 0.2) is 0 Å². The number of aryl methyl sites for hydroxylation is 1. The Hall–Kier alpha value is -1.42. The Bertz CT molecular complexity index is 588. The molecule has 0 amide bonds. The van der Waals surface area contributed by atoms with E-state index in [0.717, 1.165) is 30.9 Å². The predicted octanol–water partition coefficient (Wildman–Crippen LogP) is 3.69. The van der Waals surface area contributed by atoms with E-state index in [2.05, 4.69) is 41.2 Å². The minimum Gasteiger partial charge on any atom is -0.384 e. The summed E-state index contributed by atoms with van der Waals surface area (Å²) in [6, 6.07) is 10.5. The monoisotopic (exact) mass is 301 g/mol. The number of benzene rings is 1. The standard InChI is InChI=1S/C17H23N3S/c1-21-11-5-8-15-16(18)20(17(19-15)14-9-10-14)12-13-6-3-2-4-7-13/h2-4,6-7,14H,5,8-12,18H2,1H3. The van der Waals surface area contributed by atoms with Crippen molar-refractivity contribution in [2.45, 2.75) is 38.1 Å². The van der Waals surface area contributed by atoms with Crippen molar-refractivity contribution in [3.05, 3.63) is 47.4 Å². The number of rotatable bonds is 7. The molecule has 1 aliphatic rings. The van der Waals surface area contributed by atoms with Crippen molar-refractivity contribution in [2.24, 2.45) is 0 Å². The molecule has 1 aromatic heterocycles. The van der Waals surface area contributed by atoms with Crippen LogP contribution in [0.1, 0.15) is 42.3 Å². The van der Waals surface area contributed by atoms with Gasteiger partial charge in [0.05, 0.1) is 12.2 Å². The van der Waals surface area contributed by atoms with Gasteiger partial charge in [0, 0.05) is 5.92 Å². The summed E-state index contributed by atoms with van der Waals surface area (Å²) in [6.07, 6.45) is 6.81. The average molecular weight is 301 g/mol. The van der Waals surface area contributed by atoms with Crippen molar-refractivity contribution in [1.29, 1.82) is 0 Å². The maximum atomic E-state index is 6.39. The lowest BCUT2D eigenvalue weighted by atomic mass is 10.2. The van der Waals surface area contributed by atoms with Gasteiger partial charge in [-0.05, 0) is 43.3 Å². The number of imidazole rings is 1. The molecule has 1 saturated carbocycles. The van der Waals surface area contributed by atoms with Crippen LogP contribution in [0, 0.1) is 0 Å². The Morgan fingerprint density at radius 3 is 2.71 bits per heavy atom. The molecule has 0 saturated heterocycles. The van der Waals surface area contributed by atoms with E-state index in [9.17, 15) is 0 Å². The zero-order chi connectivity index (χ0) is 14.7. The van der Waals surface area contributed by atoms with Crippen LogP contribution in [0.4, 0.5) is 5.82 Å². The van der Waals surface area contributed by atoms with Gasteiger partial charge in [-0.1, -0.05) is 30.3 Å². The van der Waals surface area contributed by atoms with Crippen LogP contribution in [-0.4, -0.2) is 21.6 Å². The molecule has 1 fully saturated rings. The van der Waals surface area contributed by atoms with Gasteiger partial charge in [0.25, 0.3) is 0 Å². The Kier molecular flexibility index (Phi) is 4.54. The largest absolute Gasteiger partial charge is 0.384 e. The first-order chi connectivity index (χ1) is 10.3. The van der Waals surface area contributed by atoms with E-state index in [-0.39, 0.29) is 0 Å². The molecule has 112 valence electrons. The minimum absolute atomic E-state index is 0.630. The molecule has 0 bridgehead atoms. The highest BCUT2D eigenvalue weighted by molar-refractivity contribution is 7.98. The molecule has 0 radical (unpaired) electrons. The van der Waals surface area contributed by atoms with Gasteiger partial charge in [-0.2, -0.15) is 11.8 Å². The third-order valence-corrected chi connectivity index (χ3v) is 4.70. The third kappa shape index (κ3) is 3.43. The number of nitrogens with zero attached hydrogens (tertiary/aromatic N) is 2. The lowest BCUT2D eigenvalue weighted by molar-refractivity contribution is 0.734. The number of hydrogen-bond donors (Lipinski definition) is 1. The topological polar surface area (TPSA) is 43.8 Å². The number of aromatic nitrogens is 2. The number of nitrogen functional groups attached to an aromatic ring is 1. The minimum atomic E-state index is 0.630. The second-order valence-electron chi connectivity index (χ2n) is 5.74. The fourth-order valence-electron chi connectivity index (χ4n) is 2.69. The van der Waals surface area contributed by atoms with Gasteiger partial charge >= 0.3 is 0 Å². The van der Waals surface area contributed by atoms with E-state index in [4.69, 9.17) is 10.7 Å². The van der Waals surface area contributed by atoms with Gasteiger partial charge in [-0.3, -0.25) is 0 Å². The highest BCUT2D eigenvalue weighted by Crippen LogP contribution is 2.41. The Morgan fingerprint density at radius 2 is 2.05 bits per heavy atom. The summed E-state index contributed by atoms with van der Waals surface area (Å²) in [5.41, 5.74) is 8.78. The third-order valence-electron chi connectivity index (χ3n) is 4.00. The lowest BCUT2D eigenvalue weighted by Gasteiger charge is -2.09. The van der Waals surface area contributed by atoms with Crippen LogP contribution in [0.3, 0.4) is 0 Å². The van der Waals surface area contributed by atoms with Gasteiger partial charge < -0.3 is 10.3 Å². The number of hydrogen-bond acceptors (Lipinski definition) is 3. The van der Waals surface area contributed by atoms with Crippen LogP contribution in [0.5, 0.6) is 0 Å².